The van der Waals surface area contributed by atoms with Crippen LogP contribution in [0.5, 0.6) is 0 Å². The Hall–Kier alpha value is -2.26. The zero-order chi connectivity index (χ0) is 19.8. The highest BCUT2D eigenvalue weighted by Crippen LogP contribution is 2.29. The molecule has 2 aromatic carbocycles. The second-order valence-corrected chi connectivity index (χ2v) is 7.05. The highest BCUT2D eigenvalue weighted by Gasteiger charge is 2.34. The Kier molecular flexibility index (Phi) is 5.52. The molecule has 0 saturated heterocycles. The van der Waals surface area contributed by atoms with Crippen LogP contribution in [0.15, 0.2) is 29.2 Å². The molecule has 4 nitrogen and oxygen atoms in total. The van der Waals surface area contributed by atoms with Gasteiger partial charge < -0.3 is 0 Å². The fourth-order valence-corrected chi connectivity index (χ4v) is 3.01. The third-order valence-corrected chi connectivity index (χ3v) is 4.94. The van der Waals surface area contributed by atoms with Crippen molar-refractivity contribution in [2.24, 2.45) is 0 Å². The maximum atomic E-state index is 14.1. The van der Waals surface area contributed by atoms with Crippen molar-refractivity contribution in [3.8, 4) is 0 Å². The van der Waals surface area contributed by atoms with Gasteiger partial charge in [0.15, 0.2) is 33.9 Å². The molecule has 0 saturated carbocycles. The molecule has 0 aliphatic heterocycles. The first kappa shape index (κ1) is 20.1. The summed E-state index contributed by atoms with van der Waals surface area (Å²) in [5.74, 6) is -10.3. The minimum absolute atomic E-state index is 0.163. The third-order valence-electron chi connectivity index (χ3n) is 4.06. The third kappa shape index (κ3) is 3.49. The van der Waals surface area contributed by atoms with Gasteiger partial charge in [-0.15, -0.1) is 0 Å². The van der Waals surface area contributed by atoms with Crippen LogP contribution in [0.3, 0.4) is 0 Å². The number of rotatable bonds is 5. The summed E-state index contributed by atoms with van der Waals surface area (Å²) < 4.78 is 86.3. The highest BCUT2D eigenvalue weighted by molar-refractivity contribution is 7.85. The number of halogens is 4. The molecule has 0 spiro atoms. The first-order valence-corrected chi connectivity index (χ1v) is 8.92. The van der Waals surface area contributed by atoms with Crippen LogP contribution in [0.25, 0.3) is 0 Å². The topological polar surface area (TPSA) is 71.4 Å². The molecule has 9 heteroatoms. The molecule has 26 heavy (non-hydrogen) atoms. The van der Waals surface area contributed by atoms with Crippen LogP contribution in [-0.2, 0) is 10.1 Å². The molecular weight excluding hydrogens is 376 g/mol. The molecule has 2 rings (SSSR count). The molecule has 1 atom stereocenters. The molecule has 0 fully saturated rings. The molecule has 1 unspecified atom stereocenters. The van der Waals surface area contributed by atoms with Crippen molar-refractivity contribution in [3.63, 3.8) is 0 Å². The molecule has 2 aromatic rings. The summed E-state index contributed by atoms with van der Waals surface area (Å²) in [6, 6.07) is 5.57. The first-order valence-electron chi connectivity index (χ1n) is 7.48. The fraction of sp³-hybridized carbons (Fsp3) is 0.235. The van der Waals surface area contributed by atoms with Crippen LogP contribution >= 0.6 is 0 Å². The van der Waals surface area contributed by atoms with Crippen molar-refractivity contribution in [3.05, 3.63) is 64.2 Å². The van der Waals surface area contributed by atoms with E-state index in [1.54, 1.807) is 0 Å². The summed E-state index contributed by atoms with van der Waals surface area (Å²) >= 11 is 0. The molecule has 0 amide bonds. The molecule has 0 aliphatic carbocycles. The van der Waals surface area contributed by atoms with Gasteiger partial charge >= 0.3 is 10.1 Å². The van der Waals surface area contributed by atoms with Gasteiger partial charge in [0, 0.05) is 5.56 Å². The van der Waals surface area contributed by atoms with E-state index in [0.717, 1.165) is 12.0 Å². The lowest BCUT2D eigenvalue weighted by atomic mass is 9.95. The van der Waals surface area contributed by atoms with Gasteiger partial charge in [-0.2, -0.15) is 8.42 Å². The van der Waals surface area contributed by atoms with E-state index in [4.69, 9.17) is 4.55 Å². The van der Waals surface area contributed by atoms with Gasteiger partial charge in [0.2, 0.25) is 0 Å². The van der Waals surface area contributed by atoms with E-state index in [1.165, 1.54) is 24.3 Å². The fourth-order valence-electron chi connectivity index (χ4n) is 2.38. The molecular formula is C17H14F4O4S. The van der Waals surface area contributed by atoms with Gasteiger partial charge in [0.25, 0.3) is 0 Å². The number of hydrogen-bond acceptors (Lipinski definition) is 3. The first-order chi connectivity index (χ1) is 12.0. The molecule has 1 N–H and O–H groups in total. The Morgan fingerprint density at radius 1 is 1.00 bits per heavy atom. The molecule has 0 radical (unpaired) electrons. The average Bonchev–Trinajstić information content (AvgIpc) is 2.58. The lowest BCUT2D eigenvalue weighted by Crippen LogP contribution is -2.16. The number of carbonyl (C=O) groups is 1. The second kappa shape index (κ2) is 7.16. The summed E-state index contributed by atoms with van der Waals surface area (Å²) in [4.78, 5) is 10.1. The zero-order valence-electron chi connectivity index (χ0n) is 13.7. The van der Waals surface area contributed by atoms with Crippen LogP contribution in [-0.4, -0.2) is 18.8 Å². The van der Waals surface area contributed by atoms with Crippen molar-refractivity contribution in [2.45, 2.75) is 31.1 Å². The van der Waals surface area contributed by atoms with Gasteiger partial charge in [-0.25, -0.2) is 17.6 Å². The number of benzene rings is 2. The van der Waals surface area contributed by atoms with E-state index in [0.29, 0.717) is 0 Å². The van der Waals surface area contributed by atoms with E-state index < -0.39 is 49.6 Å². The predicted molar refractivity (Wildman–Crippen MR) is 84.7 cm³/mol. The average molecular weight is 390 g/mol. The van der Waals surface area contributed by atoms with Gasteiger partial charge in [-0.05, 0) is 17.9 Å². The minimum atomic E-state index is -5.58. The number of ketones is 1. The SMILES string of the molecule is CCC(C)c1ccc(C(=O)c2c(F)c(F)c(S(=O)(=O)O)c(F)c2F)cc1. The molecule has 0 heterocycles. The van der Waals surface area contributed by atoms with Crippen molar-refractivity contribution >= 4 is 15.9 Å². The summed E-state index contributed by atoms with van der Waals surface area (Å²) in [6.07, 6.45) is 0.810. The minimum Gasteiger partial charge on any atom is -0.288 e. The van der Waals surface area contributed by atoms with Gasteiger partial charge in [0.1, 0.15) is 5.56 Å². The highest BCUT2D eigenvalue weighted by atomic mass is 32.2. The quantitative estimate of drug-likeness (QED) is 0.359. The summed E-state index contributed by atoms with van der Waals surface area (Å²) in [6.45, 7) is 3.87. The Bertz CT molecular complexity index is 940. The van der Waals surface area contributed by atoms with E-state index in [1.807, 2.05) is 13.8 Å². The standard InChI is InChI=1S/C17H14F4O4S/c1-3-8(2)9-4-6-10(7-5-9)16(22)11-12(18)14(20)17(26(23,24)25)15(21)13(11)19/h4-8H,3H2,1-2H3,(H,23,24,25). The lowest BCUT2D eigenvalue weighted by molar-refractivity contribution is 0.102. The van der Waals surface area contributed by atoms with E-state index in [2.05, 4.69) is 0 Å². The monoisotopic (exact) mass is 390 g/mol. The molecule has 0 aliphatic rings. The van der Waals surface area contributed by atoms with Gasteiger partial charge in [0.05, 0.1) is 0 Å². The summed E-state index contributed by atoms with van der Waals surface area (Å²) in [7, 11) is -5.58. The normalized spacial score (nSPS) is 12.9. The van der Waals surface area contributed by atoms with Crippen molar-refractivity contribution < 1.29 is 35.3 Å². The number of carbonyl (C=O) groups excluding carboxylic acids is 1. The zero-order valence-corrected chi connectivity index (χ0v) is 14.5. The molecule has 0 bridgehead atoms. The Labute approximate surface area is 147 Å². The van der Waals surface area contributed by atoms with Crippen LogP contribution < -0.4 is 0 Å². The summed E-state index contributed by atoms with van der Waals surface area (Å²) in [5, 5.41) is 0. The van der Waals surface area contributed by atoms with Crippen LogP contribution in [0, 0.1) is 23.3 Å². The van der Waals surface area contributed by atoms with Crippen molar-refractivity contribution in [1.82, 2.24) is 0 Å². The smallest absolute Gasteiger partial charge is 0.288 e. The Morgan fingerprint density at radius 3 is 1.85 bits per heavy atom. The van der Waals surface area contributed by atoms with E-state index in [-0.39, 0.29) is 11.5 Å². The maximum absolute atomic E-state index is 14.1. The maximum Gasteiger partial charge on any atom is 0.300 e. The largest absolute Gasteiger partial charge is 0.300 e. The molecule has 140 valence electrons. The lowest BCUT2D eigenvalue weighted by Gasteiger charge is -2.11. The predicted octanol–water partition coefficient (Wildman–Crippen LogP) is 4.23. The van der Waals surface area contributed by atoms with Gasteiger partial charge in [-0.1, -0.05) is 38.1 Å². The van der Waals surface area contributed by atoms with Crippen LogP contribution in [0.2, 0.25) is 0 Å². The van der Waals surface area contributed by atoms with Crippen LogP contribution in [0.4, 0.5) is 17.6 Å². The van der Waals surface area contributed by atoms with E-state index in [9.17, 15) is 30.8 Å². The Balaban J connectivity index is 2.61. The second-order valence-electron chi connectivity index (χ2n) is 5.70. The Morgan fingerprint density at radius 2 is 1.46 bits per heavy atom. The summed E-state index contributed by atoms with van der Waals surface area (Å²) in [5.41, 5.74) is -0.971. The van der Waals surface area contributed by atoms with E-state index >= 15 is 0 Å². The van der Waals surface area contributed by atoms with Crippen LogP contribution in [0.1, 0.15) is 47.7 Å². The van der Waals surface area contributed by atoms with Gasteiger partial charge in [-0.3, -0.25) is 9.35 Å². The van der Waals surface area contributed by atoms with Crippen molar-refractivity contribution in [2.75, 3.05) is 0 Å². The number of hydrogen-bond donors (Lipinski definition) is 1. The molecule has 0 aromatic heterocycles. The van der Waals surface area contributed by atoms with Crippen molar-refractivity contribution in [1.29, 1.82) is 0 Å².